The molecule has 2 rings (SSSR count). The SMILES string of the molecule is O=C(NC(=O)c1ccccc1C(F)(F)F)c1cc(Cl)ccc1Cl. The summed E-state index contributed by atoms with van der Waals surface area (Å²) in [5.74, 6) is -2.13. The van der Waals surface area contributed by atoms with Crippen LogP contribution in [0.25, 0.3) is 0 Å². The number of rotatable bonds is 2. The Kier molecular flexibility index (Phi) is 4.97. The molecule has 0 unspecified atom stereocenters. The average Bonchev–Trinajstić information content (AvgIpc) is 2.48. The average molecular weight is 362 g/mol. The molecule has 2 aromatic carbocycles. The zero-order chi connectivity index (χ0) is 17.2. The molecule has 2 amide bonds. The summed E-state index contributed by atoms with van der Waals surface area (Å²) in [5.41, 5.74) is -1.91. The first-order chi connectivity index (χ1) is 10.7. The van der Waals surface area contributed by atoms with E-state index in [0.29, 0.717) is 0 Å². The molecule has 1 N–H and O–H groups in total. The van der Waals surface area contributed by atoms with E-state index < -0.39 is 29.1 Å². The lowest BCUT2D eigenvalue weighted by Gasteiger charge is -2.12. The van der Waals surface area contributed by atoms with Gasteiger partial charge in [0.1, 0.15) is 0 Å². The number of hydrogen-bond donors (Lipinski definition) is 1. The van der Waals surface area contributed by atoms with Crippen molar-refractivity contribution in [1.82, 2.24) is 5.32 Å². The van der Waals surface area contributed by atoms with E-state index in [2.05, 4.69) is 0 Å². The third kappa shape index (κ3) is 4.03. The van der Waals surface area contributed by atoms with Gasteiger partial charge in [-0.1, -0.05) is 35.3 Å². The third-order valence-corrected chi connectivity index (χ3v) is 3.44. The minimum Gasteiger partial charge on any atom is -0.288 e. The van der Waals surface area contributed by atoms with E-state index in [0.717, 1.165) is 18.2 Å². The molecule has 0 radical (unpaired) electrons. The van der Waals surface area contributed by atoms with Gasteiger partial charge in [-0.15, -0.1) is 0 Å². The summed E-state index contributed by atoms with van der Waals surface area (Å²) in [6.07, 6.45) is -4.72. The van der Waals surface area contributed by atoms with Crippen LogP contribution in [0.3, 0.4) is 0 Å². The quantitative estimate of drug-likeness (QED) is 0.795. The zero-order valence-corrected chi connectivity index (χ0v) is 12.8. The van der Waals surface area contributed by atoms with Crippen molar-refractivity contribution in [3.63, 3.8) is 0 Å². The first-order valence-electron chi connectivity index (χ1n) is 6.17. The van der Waals surface area contributed by atoms with Crippen LogP contribution in [0.15, 0.2) is 42.5 Å². The van der Waals surface area contributed by atoms with Gasteiger partial charge in [0.2, 0.25) is 0 Å². The Balaban J connectivity index is 2.30. The van der Waals surface area contributed by atoms with Crippen LogP contribution in [0, 0.1) is 0 Å². The molecule has 120 valence electrons. The predicted octanol–water partition coefficient (Wildman–Crippen LogP) is 4.58. The van der Waals surface area contributed by atoms with Gasteiger partial charge < -0.3 is 0 Å². The van der Waals surface area contributed by atoms with Crippen molar-refractivity contribution >= 4 is 35.0 Å². The lowest BCUT2D eigenvalue weighted by atomic mass is 10.1. The molecule has 0 aromatic heterocycles. The monoisotopic (exact) mass is 361 g/mol. The van der Waals surface area contributed by atoms with Crippen LogP contribution in [0.1, 0.15) is 26.3 Å². The van der Waals surface area contributed by atoms with Crippen LogP contribution in [0.5, 0.6) is 0 Å². The Morgan fingerprint density at radius 3 is 2.17 bits per heavy atom. The van der Waals surface area contributed by atoms with Gasteiger partial charge in [-0.25, -0.2) is 0 Å². The maximum atomic E-state index is 12.9. The van der Waals surface area contributed by atoms with E-state index in [-0.39, 0.29) is 15.6 Å². The summed E-state index contributed by atoms with van der Waals surface area (Å²) in [4.78, 5) is 24.0. The second-order valence-corrected chi connectivity index (χ2v) is 5.29. The highest BCUT2D eigenvalue weighted by molar-refractivity contribution is 6.36. The highest BCUT2D eigenvalue weighted by Gasteiger charge is 2.35. The van der Waals surface area contributed by atoms with Gasteiger partial charge >= 0.3 is 6.18 Å². The molecule has 0 aliphatic carbocycles. The second kappa shape index (κ2) is 6.60. The van der Waals surface area contributed by atoms with Crippen molar-refractivity contribution in [3.05, 3.63) is 69.2 Å². The Hall–Kier alpha value is -2.05. The summed E-state index contributed by atoms with van der Waals surface area (Å²) >= 11 is 11.5. The smallest absolute Gasteiger partial charge is 0.288 e. The molecule has 0 fully saturated rings. The molecule has 0 bridgehead atoms. The molecule has 0 atom stereocenters. The Morgan fingerprint density at radius 2 is 1.52 bits per heavy atom. The Bertz CT molecular complexity index is 776. The van der Waals surface area contributed by atoms with Crippen molar-refractivity contribution in [2.45, 2.75) is 6.18 Å². The minimum absolute atomic E-state index is 0.0174. The van der Waals surface area contributed by atoms with Gasteiger partial charge in [0.15, 0.2) is 0 Å². The number of nitrogens with one attached hydrogen (secondary N) is 1. The molecule has 0 saturated heterocycles. The first-order valence-corrected chi connectivity index (χ1v) is 6.92. The molecular weight excluding hydrogens is 354 g/mol. The van der Waals surface area contributed by atoms with Gasteiger partial charge in [-0.2, -0.15) is 13.2 Å². The summed E-state index contributed by atoms with van der Waals surface area (Å²) in [6.45, 7) is 0. The second-order valence-electron chi connectivity index (χ2n) is 4.45. The van der Waals surface area contributed by atoms with Crippen molar-refractivity contribution in [1.29, 1.82) is 0 Å². The Morgan fingerprint density at radius 1 is 0.913 bits per heavy atom. The van der Waals surface area contributed by atoms with Crippen molar-refractivity contribution in [2.24, 2.45) is 0 Å². The predicted molar refractivity (Wildman–Crippen MR) is 79.7 cm³/mol. The van der Waals surface area contributed by atoms with E-state index in [1.165, 1.54) is 24.3 Å². The van der Waals surface area contributed by atoms with Crippen LogP contribution < -0.4 is 5.32 Å². The van der Waals surface area contributed by atoms with Gasteiger partial charge in [0.25, 0.3) is 11.8 Å². The number of halogens is 5. The van der Waals surface area contributed by atoms with E-state index in [1.807, 2.05) is 5.32 Å². The number of imide groups is 1. The lowest BCUT2D eigenvalue weighted by molar-refractivity contribution is -0.137. The molecule has 0 aliphatic rings. The topological polar surface area (TPSA) is 46.2 Å². The van der Waals surface area contributed by atoms with E-state index in [1.54, 1.807) is 0 Å². The standard InChI is InChI=1S/C15H8Cl2F3NO2/c16-8-5-6-12(17)10(7-8)14(23)21-13(22)9-3-1-2-4-11(9)15(18,19)20/h1-7H,(H,21,22,23). The highest BCUT2D eigenvalue weighted by atomic mass is 35.5. The van der Waals surface area contributed by atoms with Crippen LogP contribution in [-0.2, 0) is 6.18 Å². The largest absolute Gasteiger partial charge is 0.417 e. The van der Waals surface area contributed by atoms with E-state index >= 15 is 0 Å². The highest BCUT2D eigenvalue weighted by Crippen LogP contribution is 2.31. The summed E-state index contributed by atoms with van der Waals surface area (Å²) in [7, 11) is 0. The number of hydrogen-bond acceptors (Lipinski definition) is 2. The molecule has 0 spiro atoms. The number of carbonyl (C=O) groups excluding carboxylic acids is 2. The van der Waals surface area contributed by atoms with Gasteiger partial charge in [0, 0.05) is 5.02 Å². The van der Waals surface area contributed by atoms with Gasteiger partial charge in [-0.05, 0) is 30.3 Å². The summed E-state index contributed by atoms with van der Waals surface area (Å²) in [6, 6.07) is 8.13. The maximum absolute atomic E-state index is 12.9. The maximum Gasteiger partial charge on any atom is 0.417 e. The number of benzene rings is 2. The first kappa shape index (κ1) is 17.3. The van der Waals surface area contributed by atoms with Crippen LogP contribution in [-0.4, -0.2) is 11.8 Å². The minimum atomic E-state index is -4.72. The fourth-order valence-electron chi connectivity index (χ4n) is 1.84. The molecule has 8 heteroatoms. The molecule has 0 aliphatic heterocycles. The third-order valence-electron chi connectivity index (χ3n) is 2.88. The fraction of sp³-hybridized carbons (Fsp3) is 0.0667. The lowest BCUT2D eigenvalue weighted by Crippen LogP contribution is -2.32. The van der Waals surface area contributed by atoms with Crippen LogP contribution in [0.2, 0.25) is 10.0 Å². The van der Waals surface area contributed by atoms with Crippen molar-refractivity contribution in [2.75, 3.05) is 0 Å². The molecule has 0 saturated carbocycles. The number of carbonyl (C=O) groups is 2. The van der Waals surface area contributed by atoms with Gasteiger partial charge in [0.05, 0.1) is 21.7 Å². The molecule has 0 heterocycles. The molecule has 3 nitrogen and oxygen atoms in total. The van der Waals surface area contributed by atoms with Crippen molar-refractivity contribution in [3.8, 4) is 0 Å². The normalized spacial score (nSPS) is 11.2. The van der Waals surface area contributed by atoms with Crippen LogP contribution in [0.4, 0.5) is 13.2 Å². The molecule has 2 aromatic rings. The number of alkyl halides is 3. The van der Waals surface area contributed by atoms with Crippen molar-refractivity contribution < 1.29 is 22.8 Å². The fourth-order valence-corrected chi connectivity index (χ4v) is 2.21. The molecular formula is C15H8Cl2F3NO2. The summed E-state index contributed by atoms with van der Waals surface area (Å²) in [5, 5.41) is 2.09. The number of amides is 2. The van der Waals surface area contributed by atoms with E-state index in [4.69, 9.17) is 23.2 Å². The van der Waals surface area contributed by atoms with E-state index in [9.17, 15) is 22.8 Å². The van der Waals surface area contributed by atoms with Gasteiger partial charge in [-0.3, -0.25) is 14.9 Å². The van der Waals surface area contributed by atoms with Crippen LogP contribution >= 0.6 is 23.2 Å². The zero-order valence-electron chi connectivity index (χ0n) is 11.2. The molecule has 23 heavy (non-hydrogen) atoms. The summed E-state index contributed by atoms with van der Waals surface area (Å²) < 4.78 is 38.6. The Labute approximate surface area is 139 Å².